The van der Waals surface area contributed by atoms with Crippen LogP contribution in [0.5, 0.6) is 0 Å². The third-order valence-corrected chi connectivity index (χ3v) is 6.15. The molecule has 2 aromatic heterocycles. The van der Waals surface area contributed by atoms with Gasteiger partial charge in [0.1, 0.15) is 0 Å². The minimum Gasteiger partial charge on any atom is -0.382 e. The van der Waals surface area contributed by atoms with E-state index in [0.29, 0.717) is 39.3 Å². The molecule has 0 unspecified atom stereocenters. The number of hydrogen-bond donors (Lipinski definition) is 3. The van der Waals surface area contributed by atoms with Gasteiger partial charge in [-0.1, -0.05) is 18.2 Å². The summed E-state index contributed by atoms with van der Waals surface area (Å²) in [6.07, 6.45) is -1.81. The molecule has 10 heteroatoms. The highest BCUT2D eigenvalue weighted by atomic mass is 19.4. The van der Waals surface area contributed by atoms with Gasteiger partial charge < -0.3 is 16.4 Å². The van der Waals surface area contributed by atoms with Crippen LogP contribution in [-0.2, 0) is 0 Å². The van der Waals surface area contributed by atoms with Gasteiger partial charge in [-0.3, -0.25) is 14.0 Å². The number of aromatic nitrogens is 2. The lowest BCUT2D eigenvalue weighted by Gasteiger charge is -2.14. The zero-order chi connectivity index (χ0) is 26.9. The molecule has 2 aromatic carbocycles. The number of carbonyl (C=O) groups excluding carboxylic acids is 2. The van der Waals surface area contributed by atoms with Crippen molar-refractivity contribution in [3.05, 3.63) is 77.1 Å². The van der Waals surface area contributed by atoms with Gasteiger partial charge in [0.25, 0.3) is 5.91 Å². The van der Waals surface area contributed by atoms with Gasteiger partial charge in [0.15, 0.2) is 5.65 Å². The maximum atomic E-state index is 12.8. The van der Waals surface area contributed by atoms with Crippen molar-refractivity contribution in [2.75, 3.05) is 18.9 Å². The summed E-state index contributed by atoms with van der Waals surface area (Å²) >= 11 is 0. The highest BCUT2D eigenvalue weighted by molar-refractivity contribution is 5.96. The topological polar surface area (TPSA) is 102 Å². The number of rotatable bonds is 7. The van der Waals surface area contributed by atoms with Crippen molar-refractivity contribution in [2.24, 2.45) is 5.73 Å². The Bertz CT molecular complexity index is 1510. The fourth-order valence-electron chi connectivity index (χ4n) is 4.26. The molecule has 0 bridgehead atoms. The first kappa shape index (κ1) is 25.7. The monoisotopic (exact) mass is 509 g/mol. The largest absolute Gasteiger partial charge is 0.390 e. The van der Waals surface area contributed by atoms with Crippen LogP contribution in [0.25, 0.3) is 28.0 Å². The molecule has 0 radical (unpaired) electrons. The van der Waals surface area contributed by atoms with Crippen molar-refractivity contribution in [3.8, 4) is 22.4 Å². The fraction of sp³-hybridized carbons (Fsp3) is 0.222. The molecule has 2 heterocycles. The number of nitrogens with zero attached hydrogens (tertiary/aromatic N) is 2. The molecule has 0 saturated heterocycles. The number of halogens is 3. The van der Waals surface area contributed by atoms with Crippen LogP contribution in [0.1, 0.15) is 38.3 Å². The molecule has 4 aromatic rings. The number of hydrogen-bond acceptors (Lipinski definition) is 4. The SMILES string of the molecule is CNC(=O)c1ccc(-c2cnc3c(NCCC(F)(F)F)cc(-c4ccc(C(N)=O)c(C)c4)cn23)cc1C. The second kappa shape index (κ2) is 9.96. The molecule has 0 fully saturated rings. The summed E-state index contributed by atoms with van der Waals surface area (Å²) < 4.78 is 40.2. The van der Waals surface area contributed by atoms with Crippen molar-refractivity contribution >= 4 is 23.1 Å². The molecular weight excluding hydrogens is 483 g/mol. The van der Waals surface area contributed by atoms with E-state index in [1.807, 2.05) is 19.2 Å². The van der Waals surface area contributed by atoms with Crippen LogP contribution in [0.4, 0.5) is 18.9 Å². The predicted octanol–water partition coefficient (Wildman–Crippen LogP) is 5.11. The maximum absolute atomic E-state index is 12.8. The van der Waals surface area contributed by atoms with Crippen molar-refractivity contribution < 1.29 is 22.8 Å². The average molecular weight is 510 g/mol. The lowest BCUT2D eigenvalue weighted by Crippen LogP contribution is -2.18. The van der Waals surface area contributed by atoms with Gasteiger partial charge in [0.2, 0.25) is 5.91 Å². The molecular formula is C27H26F3N5O2. The highest BCUT2D eigenvalue weighted by Crippen LogP contribution is 2.32. The summed E-state index contributed by atoms with van der Waals surface area (Å²) in [4.78, 5) is 28.3. The highest BCUT2D eigenvalue weighted by Gasteiger charge is 2.26. The zero-order valence-electron chi connectivity index (χ0n) is 20.5. The number of pyridine rings is 1. The van der Waals surface area contributed by atoms with E-state index >= 15 is 0 Å². The third kappa shape index (κ3) is 5.42. The number of amides is 2. The average Bonchev–Trinajstić information content (AvgIpc) is 3.26. The first-order chi connectivity index (χ1) is 17.5. The lowest BCUT2D eigenvalue weighted by molar-refractivity contribution is -0.131. The second-order valence-corrected chi connectivity index (χ2v) is 8.77. The number of anilines is 1. The van der Waals surface area contributed by atoms with Crippen LogP contribution >= 0.6 is 0 Å². The molecule has 0 aliphatic carbocycles. The number of primary amides is 1. The smallest absolute Gasteiger partial charge is 0.382 e. The van der Waals surface area contributed by atoms with E-state index in [0.717, 1.165) is 16.7 Å². The van der Waals surface area contributed by atoms with Gasteiger partial charge in [-0.15, -0.1) is 0 Å². The maximum Gasteiger partial charge on any atom is 0.390 e. The Morgan fingerprint density at radius 3 is 2.24 bits per heavy atom. The zero-order valence-corrected chi connectivity index (χ0v) is 20.5. The summed E-state index contributed by atoms with van der Waals surface area (Å²) in [7, 11) is 1.56. The van der Waals surface area contributed by atoms with Crippen LogP contribution in [0.2, 0.25) is 0 Å². The first-order valence-electron chi connectivity index (χ1n) is 11.5. The number of imidazole rings is 1. The van der Waals surface area contributed by atoms with E-state index in [1.165, 1.54) is 0 Å². The molecule has 0 aliphatic rings. The molecule has 0 spiro atoms. The van der Waals surface area contributed by atoms with Crippen LogP contribution in [0.15, 0.2) is 54.9 Å². The van der Waals surface area contributed by atoms with Gasteiger partial charge in [0.05, 0.1) is 24.0 Å². The Labute approximate surface area is 211 Å². The van der Waals surface area contributed by atoms with Gasteiger partial charge in [-0.25, -0.2) is 4.98 Å². The summed E-state index contributed by atoms with van der Waals surface area (Å²) in [5.41, 5.74) is 11.7. The number of nitrogens with two attached hydrogens (primary N) is 1. The molecule has 4 rings (SSSR count). The molecule has 0 aliphatic heterocycles. The number of benzene rings is 2. The molecule has 7 nitrogen and oxygen atoms in total. The Morgan fingerprint density at radius 1 is 0.973 bits per heavy atom. The van der Waals surface area contributed by atoms with Gasteiger partial charge in [-0.05, 0) is 54.8 Å². The Balaban J connectivity index is 1.85. The van der Waals surface area contributed by atoms with E-state index in [2.05, 4.69) is 15.6 Å². The number of carbonyl (C=O) groups is 2. The summed E-state index contributed by atoms with van der Waals surface area (Å²) in [5.74, 6) is -0.739. The van der Waals surface area contributed by atoms with E-state index in [9.17, 15) is 22.8 Å². The van der Waals surface area contributed by atoms with Crippen molar-refractivity contribution in [1.82, 2.24) is 14.7 Å². The second-order valence-electron chi connectivity index (χ2n) is 8.77. The van der Waals surface area contributed by atoms with Crippen LogP contribution < -0.4 is 16.4 Å². The standard InChI is InChI=1S/C27H26F3N5O2/c1-15-10-17(4-6-20(15)24(31)36)19-12-22(33-9-8-27(28,29)30)25-34-13-23(35(25)14-19)18-5-7-21(16(2)11-18)26(37)32-3/h4-7,10-14,33H,8-9H2,1-3H3,(H2,31,36)(H,32,37). The van der Waals surface area contributed by atoms with Crippen molar-refractivity contribution in [2.45, 2.75) is 26.4 Å². The Morgan fingerprint density at radius 2 is 1.62 bits per heavy atom. The minimum atomic E-state index is -4.30. The summed E-state index contributed by atoms with van der Waals surface area (Å²) in [5, 5.41) is 5.49. The number of alkyl halides is 3. The molecule has 192 valence electrons. The molecule has 37 heavy (non-hydrogen) atoms. The Hall–Kier alpha value is -4.34. The lowest BCUT2D eigenvalue weighted by atomic mass is 10.00. The summed E-state index contributed by atoms with van der Waals surface area (Å²) in [6, 6.07) is 12.3. The van der Waals surface area contributed by atoms with E-state index in [-0.39, 0.29) is 12.5 Å². The van der Waals surface area contributed by atoms with Crippen LogP contribution in [0.3, 0.4) is 0 Å². The van der Waals surface area contributed by atoms with Crippen molar-refractivity contribution in [3.63, 3.8) is 0 Å². The molecule has 0 atom stereocenters. The van der Waals surface area contributed by atoms with Gasteiger partial charge in [0, 0.05) is 42.0 Å². The van der Waals surface area contributed by atoms with Crippen molar-refractivity contribution in [1.29, 1.82) is 0 Å². The van der Waals surface area contributed by atoms with E-state index in [1.54, 1.807) is 61.0 Å². The molecule has 0 saturated carbocycles. The quantitative estimate of drug-likeness (QED) is 0.322. The normalized spacial score (nSPS) is 11.5. The summed E-state index contributed by atoms with van der Waals surface area (Å²) in [6.45, 7) is 3.28. The first-order valence-corrected chi connectivity index (χ1v) is 11.5. The molecule has 4 N–H and O–H groups in total. The van der Waals surface area contributed by atoms with Gasteiger partial charge in [-0.2, -0.15) is 13.2 Å². The molecule has 2 amide bonds. The fourth-order valence-corrected chi connectivity index (χ4v) is 4.26. The third-order valence-electron chi connectivity index (χ3n) is 6.15. The van der Waals surface area contributed by atoms with Crippen LogP contribution in [0, 0.1) is 13.8 Å². The number of fused-ring (bicyclic) bond motifs is 1. The predicted molar refractivity (Wildman–Crippen MR) is 137 cm³/mol. The van der Waals surface area contributed by atoms with E-state index < -0.39 is 18.5 Å². The van der Waals surface area contributed by atoms with Crippen LogP contribution in [-0.4, -0.2) is 41.0 Å². The minimum absolute atomic E-state index is 0.199. The Kier molecular flexibility index (Phi) is 6.93. The number of nitrogens with one attached hydrogen (secondary N) is 2. The van der Waals surface area contributed by atoms with E-state index in [4.69, 9.17) is 5.73 Å². The van der Waals surface area contributed by atoms with Gasteiger partial charge >= 0.3 is 6.18 Å². The number of aryl methyl sites for hydroxylation is 2.